The average molecular weight is 1050 g/mol. The van der Waals surface area contributed by atoms with Crippen LogP contribution < -0.4 is 5.32 Å². The molecule has 19 heteroatoms. The van der Waals surface area contributed by atoms with Gasteiger partial charge in [0, 0.05) is 6.42 Å². The molecular formula is C54H103NO18. The third-order valence-corrected chi connectivity index (χ3v) is 14.9. The number of unbranched alkanes of at least 4 members (excludes halogenated alkanes) is 26. The van der Waals surface area contributed by atoms with Gasteiger partial charge in [0.2, 0.25) is 5.91 Å². The molecule has 3 fully saturated rings. The molecule has 0 aromatic carbocycles. The van der Waals surface area contributed by atoms with E-state index in [0.717, 1.165) is 44.9 Å². The van der Waals surface area contributed by atoms with Crippen molar-refractivity contribution in [3.05, 3.63) is 0 Å². The molecule has 73 heavy (non-hydrogen) atoms. The van der Waals surface area contributed by atoms with Crippen molar-refractivity contribution in [1.29, 1.82) is 0 Å². The molecule has 3 heterocycles. The zero-order chi connectivity index (χ0) is 53.4. The van der Waals surface area contributed by atoms with Gasteiger partial charge in [-0.05, 0) is 12.8 Å². The van der Waals surface area contributed by atoms with E-state index < -0.39 is 124 Å². The molecule has 3 rings (SSSR count). The highest BCUT2D eigenvalue weighted by atomic mass is 16.8. The van der Waals surface area contributed by atoms with Crippen molar-refractivity contribution in [2.45, 2.75) is 311 Å². The molecule has 3 saturated heterocycles. The zero-order valence-corrected chi connectivity index (χ0v) is 44.6. The number of aliphatic hydroxyl groups is 11. The van der Waals surface area contributed by atoms with Gasteiger partial charge >= 0.3 is 0 Å². The van der Waals surface area contributed by atoms with Crippen LogP contribution in [0, 0.1) is 0 Å². The quantitative estimate of drug-likeness (QED) is 0.0384. The number of hydrogen-bond donors (Lipinski definition) is 12. The largest absolute Gasteiger partial charge is 0.394 e. The van der Waals surface area contributed by atoms with Crippen LogP contribution in [-0.4, -0.2) is 193 Å². The molecule has 0 bridgehead atoms. The van der Waals surface area contributed by atoms with Gasteiger partial charge in [-0.1, -0.05) is 187 Å². The normalized spacial score (nSPS) is 31.7. The lowest BCUT2D eigenvalue weighted by atomic mass is 9.96. The number of aliphatic hydroxyl groups excluding tert-OH is 11. The van der Waals surface area contributed by atoms with E-state index in [2.05, 4.69) is 19.2 Å². The predicted octanol–water partition coefficient (Wildman–Crippen LogP) is 4.04. The standard InChI is InChI=1S/C54H103NO18/c1-3-5-7-9-11-13-15-16-17-18-19-20-21-22-24-26-28-30-32-42(60)55-37(38(59)31-29-27-25-23-14-12-10-8-6-4-2)36-68-52-48(66)45(63)50(40(34-57)70-52)73-54-49(67)46(64)51(41(35-58)71-54)72-53-47(65)44(62)43(61)39(33-56)69-53/h37-41,43-54,56-59,61-67H,3-36H2,1-2H3,(H,55,60). The summed E-state index contributed by atoms with van der Waals surface area (Å²) in [6.07, 6.45) is 7.77. The van der Waals surface area contributed by atoms with Gasteiger partial charge in [-0.3, -0.25) is 4.79 Å². The molecule has 432 valence electrons. The first kappa shape index (κ1) is 66.1. The van der Waals surface area contributed by atoms with Crippen molar-refractivity contribution in [3.8, 4) is 0 Å². The van der Waals surface area contributed by atoms with E-state index in [1.807, 2.05) is 0 Å². The maximum absolute atomic E-state index is 13.3. The van der Waals surface area contributed by atoms with E-state index in [1.165, 1.54) is 128 Å². The topological polar surface area (TPSA) is 307 Å². The van der Waals surface area contributed by atoms with Gasteiger partial charge in [0.05, 0.1) is 38.6 Å². The fourth-order valence-corrected chi connectivity index (χ4v) is 10.1. The number of carbonyl (C=O) groups excluding carboxylic acids is 1. The number of amides is 1. The Labute approximate surface area is 436 Å². The highest BCUT2D eigenvalue weighted by Crippen LogP contribution is 2.33. The lowest BCUT2D eigenvalue weighted by molar-refractivity contribution is -0.379. The minimum Gasteiger partial charge on any atom is -0.394 e. The number of hydrogen-bond acceptors (Lipinski definition) is 18. The number of carbonyl (C=O) groups is 1. The molecule has 17 unspecified atom stereocenters. The number of rotatable bonds is 42. The minimum atomic E-state index is -1.97. The van der Waals surface area contributed by atoms with Gasteiger partial charge in [-0.2, -0.15) is 0 Å². The Kier molecular flexibility index (Phi) is 35.5. The van der Waals surface area contributed by atoms with Crippen molar-refractivity contribution in [1.82, 2.24) is 5.32 Å². The third kappa shape index (κ3) is 24.1. The molecule has 0 aliphatic carbocycles. The molecule has 0 aromatic heterocycles. The number of ether oxygens (including phenoxy) is 6. The summed E-state index contributed by atoms with van der Waals surface area (Å²) >= 11 is 0. The van der Waals surface area contributed by atoms with E-state index in [9.17, 15) is 61.0 Å². The third-order valence-electron chi connectivity index (χ3n) is 14.9. The Bertz CT molecular complexity index is 1350. The SMILES string of the molecule is CCCCCCCCCCCCCCCCCCCCC(=O)NC(COC1OC(CO)C(OC2OC(CO)C(OC3OC(CO)C(O)C(O)C3O)C(O)C2O)C(O)C1O)C(O)CCCCCCCCCCCC. The second-order valence-corrected chi connectivity index (χ2v) is 21.1. The van der Waals surface area contributed by atoms with Crippen molar-refractivity contribution in [3.63, 3.8) is 0 Å². The van der Waals surface area contributed by atoms with Gasteiger partial charge in [0.15, 0.2) is 18.9 Å². The van der Waals surface area contributed by atoms with Crippen LogP contribution in [0.1, 0.15) is 206 Å². The Morgan fingerprint density at radius 1 is 0.438 bits per heavy atom. The molecule has 3 aliphatic rings. The fourth-order valence-electron chi connectivity index (χ4n) is 10.1. The Hall–Kier alpha value is -1.21. The van der Waals surface area contributed by atoms with Crippen LogP contribution >= 0.6 is 0 Å². The molecule has 0 aromatic rings. The molecule has 17 atom stereocenters. The first-order chi connectivity index (χ1) is 35.3. The van der Waals surface area contributed by atoms with E-state index in [1.54, 1.807) is 0 Å². The molecule has 3 aliphatic heterocycles. The van der Waals surface area contributed by atoms with Gasteiger partial charge in [0.25, 0.3) is 0 Å². The van der Waals surface area contributed by atoms with Crippen LogP contribution in [0.2, 0.25) is 0 Å². The van der Waals surface area contributed by atoms with Crippen LogP contribution in [0.5, 0.6) is 0 Å². The van der Waals surface area contributed by atoms with Gasteiger partial charge in [-0.25, -0.2) is 0 Å². The van der Waals surface area contributed by atoms with E-state index in [4.69, 9.17) is 28.4 Å². The van der Waals surface area contributed by atoms with Crippen LogP contribution in [0.15, 0.2) is 0 Å². The van der Waals surface area contributed by atoms with Crippen molar-refractivity contribution < 1.29 is 89.4 Å². The van der Waals surface area contributed by atoms with Crippen molar-refractivity contribution in [2.75, 3.05) is 26.4 Å². The Balaban J connectivity index is 1.49. The first-order valence-electron chi connectivity index (χ1n) is 28.8. The molecule has 0 saturated carbocycles. The van der Waals surface area contributed by atoms with Crippen molar-refractivity contribution >= 4 is 5.91 Å². The summed E-state index contributed by atoms with van der Waals surface area (Å²) in [5.74, 6) is -0.241. The summed E-state index contributed by atoms with van der Waals surface area (Å²) in [4.78, 5) is 13.3. The van der Waals surface area contributed by atoms with E-state index >= 15 is 0 Å². The second kappa shape index (κ2) is 39.2. The predicted molar refractivity (Wildman–Crippen MR) is 273 cm³/mol. The molecule has 19 nitrogen and oxygen atoms in total. The van der Waals surface area contributed by atoms with E-state index in [0.29, 0.717) is 12.8 Å². The highest BCUT2D eigenvalue weighted by molar-refractivity contribution is 5.76. The van der Waals surface area contributed by atoms with Gasteiger partial charge in [-0.15, -0.1) is 0 Å². The Morgan fingerprint density at radius 2 is 0.781 bits per heavy atom. The molecule has 1 amide bonds. The molecule has 0 spiro atoms. The van der Waals surface area contributed by atoms with E-state index in [-0.39, 0.29) is 18.9 Å². The summed E-state index contributed by atoms with van der Waals surface area (Å²) in [5.41, 5.74) is 0. The highest BCUT2D eigenvalue weighted by Gasteiger charge is 2.53. The van der Waals surface area contributed by atoms with Crippen LogP contribution in [0.3, 0.4) is 0 Å². The summed E-state index contributed by atoms with van der Waals surface area (Å²) in [6, 6.07) is -0.878. The molecular weight excluding hydrogens is 951 g/mol. The summed E-state index contributed by atoms with van der Waals surface area (Å²) < 4.78 is 34.2. The number of nitrogens with one attached hydrogen (secondary N) is 1. The monoisotopic (exact) mass is 1050 g/mol. The van der Waals surface area contributed by atoms with Gasteiger partial charge < -0.3 is 89.9 Å². The Morgan fingerprint density at radius 3 is 1.19 bits per heavy atom. The summed E-state index contributed by atoms with van der Waals surface area (Å²) in [7, 11) is 0. The lowest BCUT2D eigenvalue weighted by Crippen LogP contribution is -2.66. The lowest BCUT2D eigenvalue weighted by Gasteiger charge is -2.48. The van der Waals surface area contributed by atoms with Crippen molar-refractivity contribution in [2.24, 2.45) is 0 Å². The van der Waals surface area contributed by atoms with Gasteiger partial charge in [0.1, 0.15) is 73.2 Å². The molecule has 12 N–H and O–H groups in total. The summed E-state index contributed by atoms with van der Waals surface area (Å²) in [5, 5.41) is 120. The van der Waals surface area contributed by atoms with Crippen LogP contribution in [-0.2, 0) is 33.2 Å². The molecule has 0 radical (unpaired) electrons. The summed E-state index contributed by atoms with van der Waals surface area (Å²) in [6.45, 7) is 1.77. The smallest absolute Gasteiger partial charge is 0.220 e. The maximum Gasteiger partial charge on any atom is 0.220 e. The second-order valence-electron chi connectivity index (χ2n) is 21.1. The maximum atomic E-state index is 13.3. The first-order valence-corrected chi connectivity index (χ1v) is 28.8. The minimum absolute atomic E-state index is 0.241. The van der Waals surface area contributed by atoms with Crippen LogP contribution in [0.25, 0.3) is 0 Å². The fraction of sp³-hybridized carbons (Fsp3) is 0.981. The average Bonchev–Trinajstić information content (AvgIpc) is 3.39. The zero-order valence-electron chi connectivity index (χ0n) is 44.6. The van der Waals surface area contributed by atoms with Crippen LogP contribution in [0.4, 0.5) is 0 Å².